The molecule has 1 aromatic heterocycles. The van der Waals surface area contributed by atoms with Gasteiger partial charge in [0.05, 0.1) is 6.04 Å². The van der Waals surface area contributed by atoms with Crippen LogP contribution in [0.5, 0.6) is 0 Å². The van der Waals surface area contributed by atoms with E-state index in [2.05, 4.69) is 57.3 Å². The number of benzene rings is 1. The molecule has 0 spiro atoms. The molecule has 1 saturated carbocycles. The van der Waals surface area contributed by atoms with Crippen LogP contribution in [0, 0.1) is 0 Å². The van der Waals surface area contributed by atoms with Crippen LogP contribution >= 0.6 is 0 Å². The van der Waals surface area contributed by atoms with Crippen molar-refractivity contribution in [1.29, 1.82) is 0 Å². The summed E-state index contributed by atoms with van der Waals surface area (Å²) in [4.78, 5) is 0. The second-order valence-corrected chi connectivity index (χ2v) is 6.39. The molecule has 0 bridgehead atoms. The van der Waals surface area contributed by atoms with Crippen LogP contribution in [0.1, 0.15) is 55.4 Å². The first-order valence-electron chi connectivity index (χ1n) is 8.04. The van der Waals surface area contributed by atoms with Gasteiger partial charge in [-0.2, -0.15) is 0 Å². The lowest BCUT2D eigenvalue weighted by molar-refractivity contribution is 0.265. The van der Waals surface area contributed by atoms with Crippen LogP contribution in [-0.4, -0.2) is 20.8 Å². The molecule has 4 nitrogen and oxygen atoms in total. The van der Waals surface area contributed by atoms with E-state index in [1.54, 1.807) is 0 Å². The monoisotopic (exact) mass is 282 g/mol. The zero-order valence-electron chi connectivity index (χ0n) is 12.5. The van der Waals surface area contributed by atoms with Crippen molar-refractivity contribution in [2.24, 2.45) is 0 Å². The molecule has 1 atom stereocenters. The van der Waals surface area contributed by atoms with E-state index in [0.717, 1.165) is 30.5 Å². The predicted octanol–water partition coefficient (Wildman–Crippen LogP) is 2.82. The number of hydrogen-bond donors (Lipinski definition) is 1. The average molecular weight is 282 g/mol. The van der Waals surface area contributed by atoms with Crippen molar-refractivity contribution in [2.75, 3.05) is 0 Å². The van der Waals surface area contributed by atoms with E-state index in [9.17, 15) is 0 Å². The van der Waals surface area contributed by atoms with Crippen LogP contribution in [0.4, 0.5) is 0 Å². The first-order valence-corrected chi connectivity index (χ1v) is 8.04. The van der Waals surface area contributed by atoms with E-state index in [0.29, 0.717) is 12.1 Å². The van der Waals surface area contributed by atoms with Crippen molar-refractivity contribution in [2.45, 2.75) is 57.2 Å². The quantitative estimate of drug-likeness (QED) is 0.937. The topological polar surface area (TPSA) is 42.7 Å². The molecular formula is C17H22N4. The minimum absolute atomic E-state index is 0.297. The molecule has 0 radical (unpaired) electrons. The highest BCUT2D eigenvalue weighted by Crippen LogP contribution is 2.37. The van der Waals surface area contributed by atoms with E-state index in [4.69, 9.17) is 0 Å². The van der Waals surface area contributed by atoms with Crippen molar-refractivity contribution in [3.63, 3.8) is 0 Å². The minimum Gasteiger partial charge on any atom is -0.314 e. The molecule has 0 saturated heterocycles. The van der Waals surface area contributed by atoms with E-state index in [1.807, 2.05) is 0 Å². The molecule has 1 unspecified atom stereocenters. The second kappa shape index (κ2) is 5.26. The van der Waals surface area contributed by atoms with Gasteiger partial charge in [-0.15, -0.1) is 10.2 Å². The van der Waals surface area contributed by atoms with Gasteiger partial charge in [0.2, 0.25) is 0 Å². The predicted molar refractivity (Wildman–Crippen MR) is 82.1 cm³/mol. The first-order chi connectivity index (χ1) is 10.3. The van der Waals surface area contributed by atoms with Gasteiger partial charge in [0.1, 0.15) is 11.6 Å². The van der Waals surface area contributed by atoms with Crippen LogP contribution in [0.3, 0.4) is 0 Å². The normalized spacial score (nSPS) is 25.4. The molecule has 2 aliphatic rings. The maximum Gasteiger partial charge on any atom is 0.149 e. The van der Waals surface area contributed by atoms with Gasteiger partial charge in [0.25, 0.3) is 0 Å². The molecule has 4 heteroatoms. The van der Waals surface area contributed by atoms with Crippen molar-refractivity contribution in [1.82, 2.24) is 20.1 Å². The molecule has 1 aliphatic heterocycles. The van der Waals surface area contributed by atoms with Crippen LogP contribution in [0.15, 0.2) is 30.3 Å². The van der Waals surface area contributed by atoms with Gasteiger partial charge in [0, 0.05) is 19.0 Å². The SMILES string of the molecule is CC(NC1CC(c2ccccc2)C1)c1nnc2n1CCC2. The molecule has 1 aromatic carbocycles. The van der Waals surface area contributed by atoms with E-state index in [-0.39, 0.29) is 0 Å². The highest BCUT2D eigenvalue weighted by Gasteiger charge is 2.32. The summed E-state index contributed by atoms with van der Waals surface area (Å²) in [5, 5.41) is 12.4. The molecule has 110 valence electrons. The minimum atomic E-state index is 0.297. The molecule has 2 heterocycles. The maximum atomic E-state index is 4.38. The highest BCUT2D eigenvalue weighted by atomic mass is 15.3. The van der Waals surface area contributed by atoms with Gasteiger partial charge in [0.15, 0.2) is 0 Å². The van der Waals surface area contributed by atoms with Crippen LogP contribution in [0.25, 0.3) is 0 Å². The highest BCUT2D eigenvalue weighted by molar-refractivity contribution is 5.23. The molecule has 2 aromatic rings. The van der Waals surface area contributed by atoms with E-state index >= 15 is 0 Å². The average Bonchev–Trinajstić information content (AvgIpc) is 3.05. The van der Waals surface area contributed by atoms with Gasteiger partial charge in [-0.05, 0) is 37.7 Å². The zero-order valence-corrected chi connectivity index (χ0v) is 12.5. The summed E-state index contributed by atoms with van der Waals surface area (Å²) in [6, 6.07) is 11.8. The fourth-order valence-corrected chi connectivity index (χ4v) is 3.67. The van der Waals surface area contributed by atoms with Gasteiger partial charge < -0.3 is 9.88 Å². The summed E-state index contributed by atoms with van der Waals surface area (Å²) in [6.45, 7) is 3.30. The Morgan fingerprint density at radius 1 is 1.19 bits per heavy atom. The number of aromatic nitrogens is 3. The van der Waals surface area contributed by atoms with Gasteiger partial charge in [-0.25, -0.2) is 0 Å². The number of nitrogens with one attached hydrogen (secondary N) is 1. The lowest BCUT2D eigenvalue weighted by atomic mass is 9.75. The van der Waals surface area contributed by atoms with Gasteiger partial charge in [-0.3, -0.25) is 0 Å². The Balaban J connectivity index is 1.35. The molecule has 1 N–H and O–H groups in total. The number of fused-ring (bicyclic) bond motifs is 1. The third-order valence-electron chi connectivity index (χ3n) is 4.92. The van der Waals surface area contributed by atoms with Gasteiger partial charge >= 0.3 is 0 Å². The number of aryl methyl sites for hydroxylation is 1. The Bertz CT molecular complexity index is 613. The first kappa shape index (κ1) is 13.0. The molecule has 21 heavy (non-hydrogen) atoms. The standard InChI is InChI=1S/C17H22N4/c1-12(17-20-19-16-8-5-9-21(16)17)18-15-10-14(11-15)13-6-3-2-4-7-13/h2-4,6-7,12,14-15,18H,5,8-11H2,1H3. The Morgan fingerprint density at radius 3 is 2.81 bits per heavy atom. The number of rotatable bonds is 4. The summed E-state index contributed by atoms with van der Waals surface area (Å²) < 4.78 is 2.30. The van der Waals surface area contributed by atoms with Crippen molar-refractivity contribution < 1.29 is 0 Å². The Morgan fingerprint density at radius 2 is 2.00 bits per heavy atom. The van der Waals surface area contributed by atoms with Crippen LogP contribution < -0.4 is 5.32 Å². The summed E-state index contributed by atoms with van der Waals surface area (Å²) >= 11 is 0. The Kier molecular flexibility index (Phi) is 3.26. The molecule has 4 rings (SSSR count). The largest absolute Gasteiger partial charge is 0.314 e. The Labute approximate surface area is 125 Å². The third kappa shape index (κ3) is 2.38. The number of hydrogen-bond acceptors (Lipinski definition) is 3. The summed E-state index contributed by atoms with van der Waals surface area (Å²) in [5.41, 5.74) is 1.48. The maximum absolute atomic E-state index is 4.38. The fourth-order valence-electron chi connectivity index (χ4n) is 3.67. The lowest BCUT2D eigenvalue weighted by Crippen LogP contribution is -2.41. The zero-order chi connectivity index (χ0) is 14.2. The summed E-state index contributed by atoms with van der Waals surface area (Å²) in [6.07, 6.45) is 4.76. The van der Waals surface area contributed by atoms with Crippen molar-refractivity contribution in [3.05, 3.63) is 47.5 Å². The lowest BCUT2D eigenvalue weighted by Gasteiger charge is -2.38. The second-order valence-electron chi connectivity index (χ2n) is 6.39. The number of nitrogens with zero attached hydrogens (tertiary/aromatic N) is 3. The molecule has 1 aliphatic carbocycles. The smallest absolute Gasteiger partial charge is 0.149 e. The molecule has 1 fully saturated rings. The van der Waals surface area contributed by atoms with Crippen molar-refractivity contribution in [3.8, 4) is 0 Å². The fraction of sp³-hybridized carbons (Fsp3) is 0.529. The molecular weight excluding hydrogens is 260 g/mol. The Hall–Kier alpha value is -1.68. The third-order valence-corrected chi connectivity index (χ3v) is 4.92. The van der Waals surface area contributed by atoms with Gasteiger partial charge in [-0.1, -0.05) is 30.3 Å². The van der Waals surface area contributed by atoms with Crippen LogP contribution in [0.2, 0.25) is 0 Å². The van der Waals surface area contributed by atoms with Crippen LogP contribution in [-0.2, 0) is 13.0 Å². The molecule has 0 amide bonds. The van der Waals surface area contributed by atoms with E-state index < -0.39 is 0 Å². The summed E-state index contributed by atoms with van der Waals surface area (Å²) in [5.74, 6) is 3.00. The summed E-state index contributed by atoms with van der Waals surface area (Å²) in [7, 11) is 0. The van der Waals surface area contributed by atoms with E-state index in [1.165, 1.54) is 24.8 Å². The van der Waals surface area contributed by atoms with Crippen molar-refractivity contribution >= 4 is 0 Å².